The van der Waals surface area contributed by atoms with Gasteiger partial charge in [-0.05, 0) is 44.5 Å². The molecule has 1 aromatic heterocycles. The van der Waals surface area contributed by atoms with E-state index >= 15 is 0 Å². The van der Waals surface area contributed by atoms with Crippen LogP contribution in [0.2, 0.25) is 0 Å². The smallest absolute Gasteiger partial charge is 0.339 e. The van der Waals surface area contributed by atoms with Crippen LogP contribution in [-0.4, -0.2) is 29.0 Å². The Bertz CT molecular complexity index is 855. The minimum Gasteiger partial charge on any atom is -0.462 e. The van der Waals surface area contributed by atoms with E-state index in [1.807, 2.05) is 25.1 Å². The summed E-state index contributed by atoms with van der Waals surface area (Å²) in [5.41, 5.74) is 3.56. The van der Waals surface area contributed by atoms with Gasteiger partial charge < -0.3 is 19.9 Å². The number of aryl methyl sites for hydroxylation is 1. The van der Waals surface area contributed by atoms with E-state index in [2.05, 4.69) is 10.6 Å². The standard InChI is InChI=1S/C20H25N3O4/c1-5-27-20(26)18-9-13(2)23(14(18)3)12-19(25)21-11-16-7-6-8-17(10-16)22-15(4)24/h6-10H,5,11-12H2,1-4H3,(H,21,25)(H,22,24). The number of esters is 1. The lowest BCUT2D eigenvalue weighted by molar-refractivity contribution is -0.122. The Labute approximate surface area is 158 Å². The molecule has 144 valence electrons. The molecule has 1 aromatic carbocycles. The molecule has 7 nitrogen and oxygen atoms in total. The van der Waals surface area contributed by atoms with Crippen molar-refractivity contribution in [2.24, 2.45) is 0 Å². The molecule has 0 aliphatic heterocycles. The average molecular weight is 371 g/mol. The number of benzene rings is 1. The average Bonchev–Trinajstić information content (AvgIpc) is 2.88. The van der Waals surface area contributed by atoms with Gasteiger partial charge in [-0.3, -0.25) is 9.59 Å². The van der Waals surface area contributed by atoms with Crippen LogP contribution in [0.1, 0.15) is 41.2 Å². The Morgan fingerprint density at radius 1 is 1.15 bits per heavy atom. The molecular formula is C20H25N3O4. The number of nitrogens with zero attached hydrogens (tertiary/aromatic N) is 1. The van der Waals surface area contributed by atoms with Crippen molar-refractivity contribution in [1.82, 2.24) is 9.88 Å². The lowest BCUT2D eigenvalue weighted by Crippen LogP contribution is -2.28. The van der Waals surface area contributed by atoms with E-state index in [-0.39, 0.29) is 24.3 Å². The maximum absolute atomic E-state index is 12.3. The van der Waals surface area contributed by atoms with Crippen molar-refractivity contribution in [2.75, 3.05) is 11.9 Å². The zero-order valence-corrected chi connectivity index (χ0v) is 16.1. The van der Waals surface area contributed by atoms with Gasteiger partial charge >= 0.3 is 5.97 Å². The first-order valence-corrected chi connectivity index (χ1v) is 8.79. The first kappa shape index (κ1) is 20.2. The Balaban J connectivity index is 2.00. The van der Waals surface area contributed by atoms with Gasteiger partial charge in [-0.25, -0.2) is 4.79 Å². The lowest BCUT2D eigenvalue weighted by atomic mass is 10.2. The lowest BCUT2D eigenvalue weighted by Gasteiger charge is -2.11. The molecule has 2 rings (SSSR count). The van der Waals surface area contributed by atoms with Crippen molar-refractivity contribution >= 4 is 23.5 Å². The SMILES string of the molecule is CCOC(=O)c1cc(C)n(CC(=O)NCc2cccc(NC(C)=O)c2)c1C. The number of aromatic nitrogens is 1. The Hall–Kier alpha value is -3.09. The van der Waals surface area contributed by atoms with Crippen molar-refractivity contribution in [3.63, 3.8) is 0 Å². The maximum Gasteiger partial charge on any atom is 0.339 e. The fraction of sp³-hybridized carbons (Fsp3) is 0.350. The minimum atomic E-state index is -0.382. The highest BCUT2D eigenvalue weighted by Crippen LogP contribution is 2.16. The molecule has 27 heavy (non-hydrogen) atoms. The number of carbonyl (C=O) groups excluding carboxylic acids is 3. The molecule has 0 aliphatic rings. The Morgan fingerprint density at radius 3 is 2.56 bits per heavy atom. The fourth-order valence-corrected chi connectivity index (χ4v) is 2.82. The monoisotopic (exact) mass is 371 g/mol. The third kappa shape index (κ3) is 5.44. The van der Waals surface area contributed by atoms with Crippen molar-refractivity contribution in [3.8, 4) is 0 Å². The summed E-state index contributed by atoms with van der Waals surface area (Å²) in [6.07, 6.45) is 0. The van der Waals surface area contributed by atoms with Crippen molar-refractivity contribution in [1.29, 1.82) is 0 Å². The number of ether oxygens (including phenoxy) is 1. The van der Waals surface area contributed by atoms with Crippen LogP contribution < -0.4 is 10.6 Å². The highest BCUT2D eigenvalue weighted by atomic mass is 16.5. The minimum absolute atomic E-state index is 0.114. The summed E-state index contributed by atoms with van der Waals surface area (Å²) in [5.74, 6) is -0.698. The number of anilines is 1. The van der Waals surface area contributed by atoms with Gasteiger partial charge in [0, 0.05) is 30.5 Å². The van der Waals surface area contributed by atoms with Crippen LogP contribution in [0.15, 0.2) is 30.3 Å². The topological polar surface area (TPSA) is 89.4 Å². The summed E-state index contributed by atoms with van der Waals surface area (Å²) in [4.78, 5) is 35.4. The molecule has 0 radical (unpaired) electrons. The first-order valence-electron chi connectivity index (χ1n) is 8.79. The van der Waals surface area contributed by atoms with Gasteiger partial charge in [0.15, 0.2) is 0 Å². The van der Waals surface area contributed by atoms with Gasteiger partial charge in [-0.15, -0.1) is 0 Å². The normalized spacial score (nSPS) is 10.4. The van der Waals surface area contributed by atoms with Crippen LogP contribution in [-0.2, 0) is 27.4 Å². The number of hydrogen-bond acceptors (Lipinski definition) is 4. The zero-order valence-electron chi connectivity index (χ0n) is 16.1. The molecule has 2 aromatic rings. The number of amides is 2. The fourth-order valence-electron chi connectivity index (χ4n) is 2.82. The van der Waals surface area contributed by atoms with Crippen LogP contribution in [0, 0.1) is 13.8 Å². The van der Waals surface area contributed by atoms with E-state index in [9.17, 15) is 14.4 Å². The quantitative estimate of drug-likeness (QED) is 0.732. The van der Waals surface area contributed by atoms with E-state index in [0.717, 1.165) is 11.3 Å². The molecule has 0 saturated heterocycles. The highest BCUT2D eigenvalue weighted by molar-refractivity contribution is 5.91. The molecule has 0 fully saturated rings. The number of rotatable bonds is 7. The van der Waals surface area contributed by atoms with Gasteiger partial charge in [0.25, 0.3) is 0 Å². The first-order chi connectivity index (χ1) is 12.8. The van der Waals surface area contributed by atoms with Gasteiger partial charge in [0.05, 0.1) is 12.2 Å². The van der Waals surface area contributed by atoms with E-state index in [1.54, 1.807) is 30.5 Å². The summed E-state index contributed by atoms with van der Waals surface area (Å²) in [6, 6.07) is 9.02. The highest BCUT2D eigenvalue weighted by Gasteiger charge is 2.18. The largest absolute Gasteiger partial charge is 0.462 e. The molecule has 2 N–H and O–H groups in total. The predicted molar refractivity (Wildman–Crippen MR) is 102 cm³/mol. The molecule has 0 spiro atoms. The summed E-state index contributed by atoms with van der Waals surface area (Å²) in [7, 11) is 0. The van der Waals surface area contributed by atoms with Crippen LogP contribution in [0.5, 0.6) is 0 Å². The maximum atomic E-state index is 12.3. The van der Waals surface area contributed by atoms with Crippen molar-refractivity contribution < 1.29 is 19.1 Å². The molecular weight excluding hydrogens is 346 g/mol. The van der Waals surface area contributed by atoms with E-state index in [1.165, 1.54) is 6.92 Å². The second-order valence-corrected chi connectivity index (χ2v) is 6.25. The molecule has 7 heteroatoms. The number of hydrogen-bond donors (Lipinski definition) is 2. The van der Waals surface area contributed by atoms with E-state index in [4.69, 9.17) is 4.74 Å². The zero-order chi connectivity index (χ0) is 20.0. The van der Waals surface area contributed by atoms with E-state index in [0.29, 0.717) is 30.1 Å². The molecule has 0 aliphatic carbocycles. The van der Waals surface area contributed by atoms with Crippen molar-refractivity contribution in [2.45, 2.75) is 40.8 Å². The third-order valence-corrected chi connectivity index (χ3v) is 4.11. The van der Waals surface area contributed by atoms with Crippen molar-refractivity contribution in [3.05, 3.63) is 52.8 Å². The summed E-state index contributed by atoms with van der Waals surface area (Å²) >= 11 is 0. The van der Waals surface area contributed by atoms with Gasteiger partial charge in [0.2, 0.25) is 11.8 Å². The molecule has 2 amide bonds. The van der Waals surface area contributed by atoms with Crippen LogP contribution >= 0.6 is 0 Å². The molecule has 0 unspecified atom stereocenters. The van der Waals surface area contributed by atoms with Crippen LogP contribution in [0.4, 0.5) is 5.69 Å². The molecule has 0 atom stereocenters. The van der Waals surface area contributed by atoms with Gasteiger partial charge in [0.1, 0.15) is 6.54 Å². The molecule has 0 bridgehead atoms. The predicted octanol–water partition coefficient (Wildman–Crippen LogP) is 2.56. The number of carbonyl (C=O) groups is 3. The Kier molecular flexibility index (Phi) is 6.76. The third-order valence-electron chi connectivity index (χ3n) is 4.11. The summed E-state index contributed by atoms with van der Waals surface area (Å²) in [6.45, 7) is 7.61. The van der Waals surface area contributed by atoms with Crippen LogP contribution in [0.3, 0.4) is 0 Å². The molecule has 1 heterocycles. The summed E-state index contributed by atoms with van der Waals surface area (Å²) < 4.78 is 6.83. The van der Waals surface area contributed by atoms with Gasteiger partial charge in [-0.2, -0.15) is 0 Å². The molecule has 0 saturated carbocycles. The Morgan fingerprint density at radius 2 is 1.89 bits per heavy atom. The van der Waals surface area contributed by atoms with Gasteiger partial charge in [-0.1, -0.05) is 12.1 Å². The summed E-state index contributed by atoms with van der Waals surface area (Å²) in [5, 5.41) is 5.57. The second-order valence-electron chi connectivity index (χ2n) is 6.25. The number of nitrogens with one attached hydrogen (secondary N) is 2. The second kappa shape index (κ2) is 9.02. The van der Waals surface area contributed by atoms with E-state index < -0.39 is 0 Å². The van der Waals surface area contributed by atoms with Crippen LogP contribution in [0.25, 0.3) is 0 Å².